The summed E-state index contributed by atoms with van der Waals surface area (Å²) in [6.45, 7) is 8.28. The average molecular weight is 282 g/mol. The minimum Gasteiger partial charge on any atom is -0.462 e. The number of para-hydroxylation sites is 1. The molecule has 2 heteroatoms. The van der Waals surface area contributed by atoms with Gasteiger partial charge in [0, 0.05) is 19.4 Å². The van der Waals surface area contributed by atoms with Gasteiger partial charge in [0.25, 0.3) is 0 Å². The van der Waals surface area contributed by atoms with Gasteiger partial charge in [-0.25, -0.2) is 0 Å². The highest BCUT2D eigenvalue weighted by Crippen LogP contribution is 2.24. The highest BCUT2D eigenvalue weighted by Gasteiger charge is 2.21. The van der Waals surface area contributed by atoms with E-state index in [4.69, 9.17) is 9.47 Å². The van der Waals surface area contributed by atoms with Gasteiger partial charge in [-0.05, 0) is 18.1 Å². The third-order valence-corrected chi connectivity index (χ3v) is 3.18. The molecule has 0 atom stereocenters. The SMILES string of the molecule is C=Cc1ccccc1OC(C)(C)OCCc1ccccc1. The summed E-state index contributed by atoms with van der Waals surface area (Å²) in [5, 5.41) is 0. The van der Waals surface area contributed by atoms with E-state index in [1.807, 2.05) is 56.3 Å². The van der Waals surface area contributed by atoms with Gasteiger partial charge >= 0.3 is 0 Å². The largest absolute Gasteiger partial charge is 0.462 e. The molecule has 0 heterocycles. The van der Waals surface area contributed by atoms with Gasteiger partial charge in [0.05, 0.1) is 6.61 Å². The Morgan fingerprint density at radius 1 is 1.00 bits per heavy atom. The number of hydrogen-bond donors (Lipinski definition) is 0. The second-order valence-corrected chi connectivity index (χ2v) is 5.33. The quantitative estimate of drug-likeness (QED) is 0.685. The minimum absolute atomic E-state index is 0.618. The van der Waals surface area contributed by atoms with Crippen LogP contribution in [-0.2, 0) is 11.2 Å². The molecular weight excluding hydrogens is 260 g/mol. The topological polar surface area (TPSA) is 18.5 Å². The monoisotopic (exact) mass is 282 g/mol. The predicted molar refractivity (Wildman–Crippen MR) is 87.3 cm³/mol. The molecule has 0 aliphatic heterocycles. The van der Waals surface area contributed by atoms with Crippen LogP contribution in [0.3, 0.4) is 0 Å². The van der Waals surface area contributed by atoms with E-state index < -0.39 is 5.79 Å². The first-order chi connectivity index (χ1) is 10.1. The van der Waals surface area contributed by atoms with Crippen molar-refractivity contribution in [2.24, 2.45) is 0 Å². The highest BCUT2D eigenvalue weighted by atomic mass is 16.7. The van der Waals surface area contributed by atoms with Gasteiger partial charge in [-0.3, -0.25) is 0 Å². The zero-order valence-electron chi connectivity index (χ0n) is 12.7. The molecule has 0 aromatic heterocycles. The standard InChI is InChI=1S/C19H22O2/c1-4-17-12-8-9-13-18(17)21-19(2,3)20-15-14-16-10-6-5-7-11-16/h4-13H,1,14-15H2,2-3H3. The Kier molecular flexibility index (Phi) is 5.18. The second-order valence-electron chi connectivity index (χ2n) is 5.33. The van der Waals surface area contributed by atoms with Crippen LogP contribution in [0.25, 0.3) is 6.08 Å². The van der Waals surface area contributed by atoms with Gasteiger partial charge < -0.3 is 9.47 Å². The lowest BCUT2D eigenvalue weighted by Gasteiger charge is -2.27. The van der Waals surface area contributed by atoms with Crippen molar-refractivity contribution < 1.29 is 9.47 Å². The van der Waals surface area contributed by atoms with E-state index in [0.29, 0.717) is 6.61 Å². The molecular formula is C19H22O2. The third-order valence-electron chi connectivity index (χ3n) is 3.18. The van der Waals surface area contributed by atoms with Gasteiger partial charge in [-0.15, -0.1) is 0 Å². The number of hydrogen-bond acceptors (Lipinski definition) is 2. The smallest absolute Gasteiger partial charge is 0.204 e. The Bertz CT molecular complexity index is 573. The van der Waals surface area contributed by atoms with Gasteiger partial charge in [-0.2, -0.15) is 0 Å². The van der Waals surface area contributed by atoms with E-state index in [-0.39, 0.29) is 0 Å². The van der Waals surface area contributed by atoms with Crippen molar-refractivity contribution in [2.75, 3.05) is 6.61 Å². The van der Waals surface area contributed by atoms with Crippen LogP contribution in [0.4, 0.5) is 0 Å². The fourth-order valence-electron chi connectivity index (χ4n) is 2.10. The molecule has 0 saturated carbocycles. The summed E-state index contributed by atoms with van der Waals surface area (Å²) in [7, 11) is 0. The number of rotatable bonds is 7. The zero-order chi connectivity index (χ0) is 15.1. The molecule has 2 rings (SSSR count). The van der Waals surface area contributed by atoms with Crippen LogP contribution in [-0.4, -0.2) is 12.4 Å². The maximum Gasteiger partial charge on any atom is 0.204 e. The summed E-state index contributed by atoms with van der Waals surface area (Å²) in [4.78, 5) is 0. The van der Waals surface area contributed by atoms with Gasteiger partial charge in [-0.1, -0.05) is 61.2 Å². The van der Waals surface area contributed by atoms with Crippen molar-refractivity contribution in [3.8, 4) is 5.75 Å². The molecule has 0 amide bonds. The maximum atomic E-state index is 5.97. The summed E-state index contributed by atoms with van der Waals surface area (Å²) in [5.74, 6) is 0.116. The maximum absolute atomic E-state index is 5.97. The van der Waals surface area contributed by atoms with Crippen LogP contribution in [0.1, 0.15) is 25.0 Å². The Morgan fingerprint density at radius 2 is 1.67 bits per heavy atom. The molecule has 2 aromatic rings. The molecule has 2 aromatic carbocycles. The summed E-state index contributed by atoms with van der Waals surface area (Å²) in [6.07, 6.45) is 2.66. The van der Waals surface area contributed by atoms with E-state index in [9.17, 15) is 0 Å². The lowest BCUT2D eigenvalue weighted by Crippen LogP contribution is -2.33. The molecule has 0 fully saturated rings. The Morgan fingerprint density at radius 3 is 2.38 bits per heavy atom. The Balaban J connectivity index is 1.91. The normalized spacial score (nSPS) is 11.1. The van der Waals surface area contributed by atoms with E-state index in [0.717, 1.165) is 17.7 Å². The molecule has 0 radical (unpaired) electrons. The van der Waals surface area contributed by atoms with Crippen LogP contribution >= 0.6 is 0 Å². The second kappa shape index (κ2) is 7.09. The fraction of sp³-hybridized carbons (Fsp3) is 0.263. The molecule has 2 nitrogen and oxygen atoms in total. The van der Waals surface area contributed by atoms with Gasteiger partial charge in [0.1, 0.15) is 5.75 Å². The van der Waals surface area contributed by atoms with E-state index in [1.165, 1.54) is 5.56 Å². The summed E-state index contributed by atoms with van der Waals surface area (Å²) in [6, 6.07) is 18.1. The van der Waals surface area contributed by atoms with Crippen LogP contribution in [0.15, 0.2) is 61.2 Å². The van der Waals surface area contributed by atoms with Crippen molar-refractivity contribution in [1.29, 1.82) is 0 Å². The lowest BCUT2D eigenvalue weighted by atomic mass is 10.2. The third kappa shape index (κ3) is 4.76. The van der Waals surface area contributed by atoms with E-state index in [2.05, 4.69) is 18.7 Å². The predicted octanol–water partition coefficient (Wildman–Crippen LogP) is 4.70. The van der Waals surface area contributed by atoms with Crippen LogP contribution in [0.2, 0.25) is 0 Å². The lowest BCUT2D eigenvalue weighted by molar-refractivity contribution is -0.155. The fourth-order valence-corrected chi connectivity index (χ4v) is 2.10. The summed E-state index contributed by atoms with van der Waals surface area (Å²) in [5.41, 5.74) is 2.23. The average Bonchev–Trinajstić information content (AvgIpc) is 2.48. The molecule has 110 valence electrons. The molecule has 0 bridgehead atoms. The van der Waals surface area contributed by atoms with Crippen LogP contribution < -0.4 is 4.74 Å². The van der Waals surface area contributed by atoms with E-state index >= 15 is 0 Å². The molecule has 0 spiro atoms. The Hall–Kier alpha value is -2.06. The van der Waals surface area contributed by atoms with Crippen molar-refractivity contribution in [1.82, 2.24) is 0 Å². The van der Waals surface area contributed by atoms with Gasteiger partial charge in [0.15, 0.2) is 0 Å². The highest BCUT2D eigenvalue weighted by molar-refractivity contribution is 5.55. The van der Waals surface area contributed by atoms with Crippen molar-refractivity contribution in [3.63, 3.8) is 0 Å². The van der Waals surface area contributed by atoms with Crippen molar-refractivity contribution >= 4 is 6.08 Å². The molecule has 0 N–H and O–H groups in total. The van der Waals surface area contributed by atoms with Crippen molar-refractivity contribution in [3.05, 3.63) is 72.3 Å². The summed E-state index contributed by atoms with van der Waals surface area (Å²) >= 11 is 0. The van der Waals surface area contributed by atoms with E-state index in [1.54, 1.807) is 6.08 Å². The number of ether oxygens (including phenoxy) is 2. The zero-order valence-corrected chi connectivity index (χ0v) is 12.7. The van der Waals surface area contributed by atoms with Crippen molar-refractivity contribution in [2.45, 2.75) is 26.1 Å². The molecule has 0 unspecified atom stereocenters. The molecule has 0 aliphatic carbocycles. The molecule has 0 aliphatic rings. The number of benzene rings is 2. The van der Waals surface area contributed by atoms with Crippen LogP contribution in [0, 0.1) is 0 Å². The molecule has 0 saturated heterocycles. The first-order valence-electron chi connectivity index (χ1n) is 7.19. The molecule has 21 heavy (non-hydrogen) atoms. The van der Waals surface area contributed by atoms with Gasteiger partial charge in [0.2, 0.25) is 5.79 Å². The Labute approximate surface area is 127 Å². The van der Waals surface area contributed by atoms with Crippen LogP contribution in [0.5, 0.6) is 5.75 Å². The summed E-state index contributed by atoms with van der Waals surface area (Å²) < 4.78 is 11.8. The first-order valence-corrected chi connectivity index (χ1v) is 7.19. The minimum atomic E-state index is -0.673. The first kappa shape index (κ1) is 15.3.